The van der Waals surface area contributed by atoms with Crippen molar-refractivity contribution in [3.05, 3.63) is 23.3 Å². The quantitative estimate of drug-likeness (QED) is 0.836. The number of nitrogen functional groups attached to an aromatic ring is 1. The average Bonchev–Trinajstić information content (AvgIpc) is 2.73. The molecule has 0 aromatic carbocycles. The summed E-state index contributed by atoms with van der Waals surface area (Å²) in [5.74, 6) is -0.570. The average molecular weight is 253 g/mol. The molecule has 0 bridgehead atoms. The molecular formula is C8H7N5OS2. The fourth-order valence-corrected chi connectivity index (χ4v) is 2.42. The van der Waals surface area contributed by atoms with E-state index in [0.717, 1.165) is 4.34 Å². The Morgan fingerprint density at radius 3 is 2.94 bits per heavy atom. The van der Waals surface area contributed by atoms with Gasteiger partial charge < -0.3 is 11.5 Å². The lowest BCUT2D eigenvalue weighted by atomic mass is 10.2. The fourth-order valence-electron chi connectivity index (χ4n) is 1.01. The molecule has 16 heavy (non-hydrogen) atoms. The van der Waals surface area contributed by atoms with E-state index in [-0.39, 0.29) is 11.3 Å². The first kappa shape index (κ1) is 10.8. The monoisotopic (exact) mass is 253 g/mol. The summed E-state index contributed by atoms with van der Waals surface area (Å²) >= 11 is 2.69. The van der Waals surface area contributed by atoms with Crippen LogP contribution in [0.5, 0.6) is 0 Å². The molecular weight excluding hydrogens is 246 g/mol. The van der Waals surface area contributed by atoms with Gasteiger partial charge in [-0.2, -0.15) is 0 Å². The van der Waals surface area contributed by atoms with Crippen molar-refractivity contribution in [3.63, 3.8) is 0 Å². The van der Waals surface area contributed by atoms with Crippen molar-refractivity contribution >= 4 is 34.7 Å². The molecule has 0 aliphatic carbocycles. The van der Waals surface area contributed by atoms with E-state index in [2.05, 4.69) is 15.2 Å². The molecule has 2 heterocycles. The molecule has 0 fully saturated rings. The maximum absolute atomic E-state index is 11.1. The Morgan fingerprint density at radius 2 is 2.31 bits per heavy atom. The van der Waals surface area contributed by atoms with Crippen molar-refractivity contribution in [1.82, 2.24) is 15.2 Å². The molecule has 0 radical (unpaired) electrons. The number of carbonyl (C=O) groups is 1. The standard InChI is InChI=1S/C8H7N5OS2/c9-5-2-11-6(1-4(5)7(10)14)16-8-13-12-3-15-8/h1-3H,9H2,(H2,10,14). The van der Waals surface area contributed by atoms with Gasteiger partial charge in [0.15, 0.2) is 4.34 Å². The van der Waals surface area contributed by atoms with E-state index in [1.165, 1.54) is 29.3 Å². The smallest absolute Gasteiger partial charge is 0.250 e. The van der Waals surface area contributed by atoms with Crippen LogP contribution >= 0.6 is 23.1 Å². The second-order valence-electron chi connectivity index (χ2n) is 2.78. The molecule has 4 N–H and O–H groups in total. The summed E-state index contributed by atoms with van der Waals surface area (Å²) < 4.78 is 0.743. The van der Waals surface area contributed by atoms with Crippen LogP contribution in [0.4, 0.5) is 5.69 Å². The topological polar surface area (TPSA) is 108 Å². The van der Waals surface area contributed by atoms with Crippen molar-refractivity contribution in [2.75, 3.05) is 5.73 Å². The number of aromatic nitrogens is 3. The van der Waals surface area contributed by atoms with Crippen molar-refractivity contribution in [1.29, 1.82) is 0 Å². The molecule has 2 aromatic rings. The van der Waals surface area contributed by atoms with Crippen molar-refractivity contribution in [2.24, 2.45) is 5.73 Å². The lowest BCUT2D eigenvalue weighted by Gasteiger charge is -2.02. The van der Waals surface area contributed by atoms with E-state index >= 15 is 0 Å². The van der Waals surface area contributed by atoms with E-state index in [4.69, 9.17) is 11.5 Å². The number of rotatable bonds is 3. The highest BCUT2D eigenvalue weighted by Gasteiger charge is 2.09. The SMILES string of the molecule is NC(=O)c1cc(Sc2nncs2)ncc1N. The number of carbonyl (C=O) groups excluding carboxylic acids is 1. The van der Waals surface area contributed by atoms with Crippen LogP contribution in [-0.2, 0) is 0 Å². The van der Waals surface area contributed by atoms with Gasteiger partial charge in [0.1, 0.15) is 10.5 Å². The number of nitrogens with two attached hydrogens (primary N) is 2. The van der Waals surface area contributed by atoms with E-state index in [0.29, 0.717) is 5.03 Å². The largest absolute Gasteiger partial charge is 0.397 e. The third kappa shape index (κ3) is 2.28. The number of hydrogen-bond donors (Lipinski definition) is 2. The zero-order chi connectivity index (χ0) is 11.5. The predicted molar refractivity (Wildman–Crippen MR) is 61.2 cm³/mol. The Bertz CT molecular complexity index is 513. The molecule has 0 aliphatic rings. The van der Waals surface area contributed by atoms with Gasteiger partial charge in [0.05, 0.1) is 17.4 Å². The van der Waals surface area contributed by atoms with Gasteiger partial charge in [0, 0.05) is 0 Å². The van der Waals surface area contributed by atoms with E-state index in [9.17, 15) is 4.79 Å². The summed E-state index contributed by atoms with van der Waals surface area (Å²) in [7, 11) is 0. The molecule has 1 amide bonds. The highest BCUT2D eigenvalue weighted by molar-refractivity contribution is 8.00. The van der Waals surface area contributed by atoms with Crippen LogP contribution in [0.15, 0.2) is 27.1 Å². The second-order valence-corrected chi connectivity index (χ2v) is 4.88. The van der Waals surface area contributed by atoms with Crippen LogP contribution in [0.25, 0.3) is 0 Å². The first-order valence-corrected chi connectivity index (χ1v) is 5.86. The maximum Gasteiger partial charge on any atom is 0.250 e. The Kier molecular flexibility index (Phi) is 3.02. The van der Waals surface area contributed by atoms with Crippen LogP contribution in [0.3, 0.4) is 0 Å². The molecule has 82 valence electrons. The molecule has 0 saturated heterocycles. The highest BCUT2D eigenvalue weighted by Crippen LogP contribution is 2.28. The normalized spacial score (nSPS) is 10.2. The summed E-state index contributed by atoms with van der Waals surface area (Å²) in [5, 5.41) is 8.16. The van der Waals surface area contributed by atoms with Gasteiger partial charge in [-0.1, -0.05) is 11.3 Å². The Hall–Kier alpha value is -1.67. The summed E-state index contributed by atoms with van der Waals surface area (Å²) in [6.07, 6.45) is 1.41. The first-order chi connectivity index (χ1) is 7.66. The number of pyridine rings is 1. The van der Waals surface area contributed by atoms with E-state index < -0.39 is 5.91 Å². The molecule has 0 spiro atoms. The number of hydrogen-bond acceptors (Lipinski definition) is 7. The molecule has 2 rings (SSSR count). The minimum atomic E-state index is -0.570. The van der Waals surface area contributed by atoms with Crippen molar-refractivity contribution < 1.29 is 4.79 Å². The van der Waals surface area contributed by atoms with Crippen molar-refractivity contribution in [2.45, 2.75) is 9.37 Å². The molecule has 0 atom stereocenters. The lowest BCUT2D eigenvalue weighted by Crippen LogP contribution is -2.13. The summed E-state index contributed by atoms with van der Waals surface area (Å²) in [5.41, 5.74) is 12.9. The summed E-state index contributed by atoms with van der Waals surface area (Å²) in [4.78, 5) is 15.1. The Labute approximate surface area is 99.1 Å². The number of amides is 1. The number of nitrogens with zero attached hydrogens (tertiary/aromatic N) is 3. The fraction of sp³-hybridized carbons (Fsp3) is 0. The summed E-state index contributed by atoms with van der Waals surface area (Å²) in [6, 6.07) is 1.55. The van der Waals surface area contributed by atoms with Crippen LogP contribution in [-0.4, -0.2) is 21.1 Å². The first-order valence-electron chi connectivity index (χ1n) is 4.16. The number of anilines is 1. The van der Waals surface area contributed by atoms with Gasteiger partial charge in [-0.15, -0.1) is 10.2 Å². The van der Waals surface area contributed by atoms with Crippen LogP contribution in [0.1, 0.15) is 10.4 Å². The zero-order valence-electron chi connectivity index (χ0n) is 7.95. The van der Waals surface area contributed by atoms with Gasteiger partial charge in [0.25, 0.3) is 5.91 Å². The Balaban J connectivity index is 2.29. The number of primary amides is 1. The Morgan fingerprint density at radius 1 is 1.50 bits per heavy atom. The minimum absolute atomic E-state index is 0.266. The zero-order valence-corrected chi connectivity index (χ0v) is 9.59. The maximum atomic E-state index is 11.1. The van der Waals surface area contributed by atoms with Gasteiger partial charge in [-0.25, -0.2) is 4.98 Å². The van der Waals surface area contributed by atoms with Gasteiger partial charge in [0.2, 0.25) is 0 Å². The molecule has 2 aromatic heterocycles. The third-order valence-electron chi connectivity index (χ3n) is 1.71. The molecule has 8 heteroatoms. The molecule has 0 saturated carbocycles. The van der Waals surface area contributed by atoms with E-state index in [1.807, 2.05) is 0 Å². The molecule has 6 nitrogen and oxygen atoms in total. The highest BCUT2D eigenvalue weighted by atomic mass is 32.2. The van der Waals surface area contributed by atoms with Crippen LogP contribution in [0.2, 0.25) is 0 Å². The predicted octanol–water partition coefficient (Wildman–Crippen LogP) is 0.765. The van der Waals surface area contributed by atoms with Gasteiger partial charge in [-0.3, -0.25) is 4.79 Å². The van der Waals surface area contributed by atoms with Crippen molar-refractivity contribution in [3.8, 4) is 0 Å². The van der Waals surface area contributed by atoms with Gasteiger partial charge in [-0.05, 0) is 17.8 Å². The van der Waals surface area contributed by atoms with Gasteiger partial charge >= 0.3 is 0 Å². The van der Waals surface area contributed by atoms with Crippen LogP contribution in [0, 0.1) is 0 Å². The lowest BCUT2D eigenvalue weighted by molar-refractivity contribution is 0.100. The minimum Gasteiger partial charge on any atom is -0.397 e. The van der Waals surface area contributed by atoms with Crippen LogP contribution < -0.4 is 11.5 Å². The summed E-state index contributed by atoms with van der Waals surface area (Å²) in [6.45, 7) is 0. The van der Waals surface area contributed by atoms with E-state index in [1.54, 1.807) is 11.6 Å². The third-order valence-corrected chi connectivity index (χ3v) is 3.42. The second kappa shape index (κ2) is 4.45. The molecule has 0 unspecified atom stereocenters. The molecule has 0 aliphatic heterocycles.